The minimum Gasteiger partial charge on any atom is -0.300 e. The highest BCUT2D eigenvalue weighted by Gasteiger charge is 2.04. The molecule has 0 aliphatic heterocycles. The van der Waals surface area contributed by atoms with Crippen molar-refractivity contribution < 1.29 is 9.59 Å². The van der Waals surface area contributed by atoms with Crippen LogP contribution in [0.25, 0.3) is 0 Å². The summed E-state index contributed by atoms with van der Waals surface area (Å²) in [6, 6.07) is 0. The van der Waals surface area contributed by atoms with Gasteiger partial charge in [-0.3, -0.25) is 9.59 Å². The predicted octanol–water partition coefficient (Wildman–Crippen LogP) is 4.80. The van der Waals surface area contributed by atoms with Crippen LogP contribution in [-0.2, 0) is 9.59 Å². The van der Waals surface area contributed by atoms with E-state index in [-0.39, 0.29) is 0 Å². The van der Waals surface area contributed by atoms with E-state index in [1.54, 1.807) is 0 Å². The minimum atomic E-state index is 0.393. The molecule has 0 spiro atoms. The number of carbonyl (C=O) groups excluding carboxylic acids is 2. The van der Waals surface area contributed by atoms with Crippen LogP contribution in [0.2, 0.25) is 0 Å². The van der Waals surface area contributed by atoms with Crippen molar-refractivity contribution in [3.05, 3.63) is 0 Å². The predicted molar refractivity (Wildman–Crippen MR) is 78.7 cm³/mol. The van der Waals surface area contributed by atoms with Gasteiger partial charge in [-0.15, -0.1) is 0 Å². The van der Waals surface area contributed by atoms with Crippen LogP contribution in [0.3, 0.4) is 0 Å². The third-order valence-corrected chi connectivity index (χ3v) is 3.33. The molecule has 0 bridgehead atoms. The van der Waals surface area contributed by atoms with Crippen molar-refractivity contribution in [1.82, 2.24) is 0 Å². The smallest absolute Gasteiger partial charge is 0.132 e. The Hall–Kier alpha value is -0.660. The molecule has 0 aromatic carbocycles. The van der Waals surface area contributed by atoms with Crippen LogP contribution in [0, 0.1) is 11.8 Å². The van der Waals surface area contributed by atoms with Crippen LogP contribution in [-0.4, -0.2) is 11.6 Å². The molecule has 0 N–H and O–H groups in total. The molecule has 0 aromatic heterocycles. The average molecular weight is 256 g/mol. The first kappa shape index (κ1) is 19.7. The fourth-order valence-electron chi connectivity index (χ4n) is 1.35. The second-order valence-electron chi connectivity index (χ2n) is 5.22. The van der Waals surface area contributed by atoms with Crippen molar-refractivity contribution in [3.63, 3.8) is 0 Å². The normalized spacial score (nSPS) is 13.2. The largest absolute Gasteiger partial charge is 0.300 e. The summed E-state index contributed by atoms with van der Waals surface area (Å²) in [6.45, 7) is 12.3. The Bertz CT molecular complexity index is 197. The first-order chi connectivity index (χ1) is 8.40. The Labute approximate surface area is 114 Å². The van der Waals surface area contributed by atoms with Gasteiger partial charge in [0.25, 0.3) is 0 Å². The standard InChI is InChI=1S/2C8H16O/c2*1-4-7(3)6-8(9)5-2/h2*7H,4-6H2,1-3H3. The minimum absolute atomic E-state index is 0.393. The molecule has 0 saturated heterocycles. The lowest BCUT2D eigenvalue weighted by Crippen LogP contribution is -2.02. The first-order valence-electron chi connectivity index (χ1n) is 7.44. The summed E-state index contributed by atoms with van der Waals surface area (Å²) < 4.78 is 0. The van der Waals surface area contributed by atoms with Gasteiger partial charge in [0.1, 0.15) is 11.6 Å². The zero-order valence-electron chi connectivity index (χ0n) is 13.2. The molecule has 0 saturated carbocycles. The van der Waals surface area contributed by atoms with Crippen molar-refractivity contribution in [2.75, 3.05) is 0 Å². The summed E-state index contributed by atoms with van der Waals surface area (Å²) in [5, 5.41) is 0. The van der Waals surface area contributed by atoms with Gasteiger partial charge >= 0.3 is 0 Å². The zero-order chi connectivity index (χ0) is 14.6. The Morgan fingerprint density at radius 1 is 0.722 bits per heavy atom. The van der Waals surface area contributed by atoms with E-state index in [2.05, 4.69) is 27.7 Å². The molecule has 0 aliphatic rings. The lowest BCUT2D eigenvalue weighted by molar-refractivity contribution is -0.120. The van der Waals surface area contributed by atoms with Crippen molar-refractivity contribution in [3.8, 4) is 0 Å². The summed E-state index contributed by atoms with van der Waals surface area (Å²) in [7, 11) is 0. The van der Waals surface area contributed by atoms with Gasteiger partial charge in [-0.05, 0) is 11.8 Å². The number of rotatable bonds is 8. The van der Waals surface area contributed by atoms with E-state index in [9.17, 15) is 9.59 Å². The number of hydrogen-bond acceptors (Lipinski definition) is 2. The molecule has 0 heterocycles. The Balaban J connectivity index is 0. The molecule has 0 rings (SSSR count). The van der Waals surface area contributed by atoms with Gasteiger partial charge in [0.2, 0.25) is 0 Å². The Morgan fingerprint density at radius 2 is 1.00 bits per heavy atom. The topological polar surface area (TPSA) is 34.1 Å². The van der Waals surface area contributed by atoms with Gasteiger partial charge in [-0.25, -0.2) is 0 Å². The summed E-state index contributed by atoms with van der Waals surface area (Å²) in [6.07, 6.45) is 5.17. The van der Waals surface area contributed by atoms with E-state index in [0.717, 1.165) is 25.7 Å². The van der Waals surface area contributed by atoms with Crippen molar-refractivity contribution in [2.45, 2.75) is 80.1 Å². The number of hydrogen-bond donors (Lipinski definition) is 0. The fraction of sp³-hybridized carbons (Fsp3) is 0.875. The highest BCUT2D eigenvalue weighted by Crippen LogP contribution is 2.08. The monoisotopic (exact) mass is 256 g/mol. The van der Waals surface area contributed by atoms with Crippen molar-refractivity contribution in [2.24, 2.45) is 11.8 Å². The molecule has 0 aromatic rings. The number of carbonyl (C=O) groups is 2. The summed E-state index contributed by atoms with van der Waals surface area (Å²) in [4.78, 5) is 21.6. The zero-order valence-corrected chi connectivity index (χ0v) is 13.2. The molecule has 2 heteroatoms. The molecule has 108 valence electrons. The van der Waals surface area contributed by atoms with E-state index in [1.807, 2.05) is 13.8 Å². The van der Waals surface area contributed by atoms with Gasteiger partial charge < -0.3 is 0 Å². The quantitative estimate of drug-likeness (QED) is 0.625. The van der Waals surface area contributed by atoms with Crippen LogP contribution < -0.4 is 0 Å². The highest BCUT2D eigenvalue weighted by molar-refractivity contribution is 5.78. The lowest BCUT2D eigenvalue weighted by atomic mass is 10.0. The molecule has 0 radical (unpaired) electrons. The third kappa shape index (κ3) is 13.4. The highest BCUT2D eigenvalue weighted by atomic mass is 16.1. The van der Waals surface area contributed by atoms with E-state index < -0.39 is 0 Å². The SMILES string of the molecule is CCC(=O)CC(C)CC.CCC(=O)CC(C)CC. The first-order valence-corrected chi connectivity index (χ1v) is 7.44. The Morgan fingerprint density at radius 3 is 1.17 bits per heavy atom. The molecule has 2 atom stereocenters. The third-order valence-electron chi connectivity index (χ3n) is 3.33. The molecule has 0 aliphatic carbocycles. The number of Topliss-reactive ketones (excluding diaryl/α,β-unsaturated/α-hetero) is 2. The van der Waals surface area contributed by atoms with E-state index in [0.29, 0.717) is 36.2 Å². The molecular weight excluding hydrogens is 224 g/mol. The van der Waals surface area contributed by atoms with Gasteiger partial charge in [-0.2, -0.15) is 0 Å². The van der Waals surface area contributed by atoms with Crippen LogP contribution >= 0.6 is 0 Å². The second-order valence-corrected chi connectivity index (χ2v) is 5.22. The number of ketones is 2. The maximum atomic E-state index is 10.8. The summed E-state index contributed by atoms with van der Waals surface area (Å²) >= 11 is 0. The Kier molecular flexibility index (Phi) is 14.0. The average Bonchev–Trinajstić information content (AvgIpc) is 2.38. The molecule has 0 amide bonds. The van der Waals surface area contributed by atoms with Crippen LogP contribution in [0.4, 0.5) is 0 Å². The maximum Gasteiger partial charge on any atom is 0.132 e. The molecule has 18 heavy (non-hydrogen) atoms. The molecular formula is C16H32O2. The summed E-state index contributed by atoms with van der Waals surface area (Å²) in [5.74, 6) is 1.95. The van der Waals surface area contributed by atoms with Crippen LogP contribution in [0.5, 0.6) is 0 Å². The fourth-order valence-corrected chi connectivity index (χ4v) is 1.35. The molecule has 2 nitrogen and oxygen atoms in total. The second kappa shape index (κ2) is 12.8. The summed E-state index contributed by atoms with van der Waals surface area (Å²) in [5.41, 5.74) is 0. The van der Waals surface area contributed by atoms with Gasteiger partial charge in [0.15, 0.2) is 0 Å². The van der Waals surface area contributed by atoms with Gasteiger partial charge in [0, 0.05) is 25.7 Å². The molecule has 2 unspecified atom stereocenters. The lowest BCUT2D eigenvalue weighted by Gasteiger charge is -2.03. The van der Waals surface area contributed by atoms with E-state index in [4.69, 9.17) is 0 Å². The van der Waals surface area contributed by atoms with Crippen molar-refractivity contribution in [1.29, 1.82) is 0 Å². The van der Waals surface area contributed by atoms with Gasteiger partial charge in [-0.1, -0.05) is 54.4 Å². The van der Waals surface area contributed by atoms with Gasteiger partial charge in [0.05, 0.1) is 0 Å². The molecule has 0 fully saturated rings. The van der Waals surface area contributed by atoms with Crippen LogP contribution in [0.1, 0.15) is 80.1 Å². The van der Waals surface area contributed by atoms with E-state index >= 15 is 0 Å². The van der Waals surface area contributed by atoms with E-state index in [1.165, 1.54) is 0 Å². The maximum absolute atomic E-state index is 10.8. The van der Waals surface area contributed by atoms with Crippen LogP contribution in [0.15, 0.2) is 0 Å². The van der Waals surface area contributed by atoms with Crippen molar-refractivity contribution >= 4 is 11.6 Å².